The molecule has 2 aromatic rings. The first kappa shape index (κ1) is 18.8. The standard InChI is InChI=1S/C21H27NO3/c1-6-20(25-18-11-9-17(24-5)10-12-18)21(23)22-16(4)19-13-14(2)7-8-15(19)3/h7-13,16,20H,6H2,1-5H3,(H,22,23)/t16-,20-/m1/s1. The average molecular weight is 341 g/mol. The zero-order valence-electron chi connectivity index (χ0n) is 15.6. The van der Waals surface area contributed by atoms with Crippen LogP contribution in [0.2, 0.25) is 0 Å². The van der Waals surface area contributed by atoms with Gasteiger partial charge in [-0.05, 0) is 62.6 Å². The van der Waals surface area contributed by atoms with Crippen molar-refractivity contribution in [3.8, 4) is 11.5 Å². The minimum absolute atomic E-state index is 0.0686. The summed E-state index contributed by atoms with van der Waals surface area (Å²) in [5.41, 5.74) is 3.48. The van der Waals surface area contributed by atoms with Crippen LogP contribution in [0.25, 0.3) is 0 Å². The molecular formula is C21H27NO3. The molecule has 0 aromatic heterocycles. The van der Waals surface area contributed by atoms with Gasteiger partial charge in [-0.25, -0.2) is 0 Å². The van der Waals surface area contributed by atoms with Crippen molar-refractivity contribution in [3.05, 3.63) is 59.2 Å². The lowest BCUT2D eigenvalue weighted by Crippen LogP contribution is -2.39. The normalized spacial score (nSPS) is 13.0. The Morgan fingerprint density at radius 1 is 1.08 bits per heavy atom. The van der Waals surface area contributed by atoms with Crippen molar-refractivity contribution in [2.45, 2.75) is 46.3 Å². The number of nitrogens with one attached hydrogen (secondary N) is 1. The number of benzene rings is 2. The van der Waals surface area contributed by atoms with Gasteiger partial charge < -0.3 is 14.8 Å². The second-order valence-electron chi connectivity index (χ2n) is 6.28. The van der Waals surface area contributed by atoms with Crippen molar-refractivity contribution in [1.29, 1.82) is 0 Å². The van der Waals surface area contributed by atoms with Crippen molar-refractivity contribution in [2.75, 3.05) is 7.11 Å². The average Bonchev–Trinajstić information content (AvgIpc) is 2.61. The fourth-order valence-corrected chi connectivity index (χ4v) is 2.75. The third kappa shape index (κ3) is 4.99. The molecule has 0 aliphatic heterocycles. The lowest BCUT2D eigenvalue weighted by molar-refractivity contribution is -0.128. The number of carbonyl (C=O) groups is 1. The molecule has 0 unspecified atom stereocenters. The van der Waals surface area contributed by atoms with Crippen LogP contribution in [-0.2, 0) is 4.79 Å². The number of amides is 1. The van der Waals surface area contributed by atoms with E-state index in [0.29, 0.717) is 12.2 Å². The van der Waals surface area contributed by atoms with Gasteiger partial charge in [0.25, 0.3) is 5.91 Å². The Balaban J connectivity index is 2.04. The highest BCUT2D eigenvalue weighted by atomic mass is 16.5. The lowest BCUT2D eigenvalue weighted by Gasteiger charge is -2.22. The summed E-state index contributed by atoms with van der Waals surface area (Å²) in [4.78, 5) is 12.6. The van der Waals surface area contributed by atoms with Gasteiger partial charge in [-0.15, -0.1) is 0 Å². The molecular weight excluding hydrogens is 314 g/mol. The summed E-state index contributed by atoms with van der Waals surface area (Å²) in [5, 5.41) is 3.07. The first-order valence-corrected chi connectivity index (χ1v) is 8.62. The predicted octanol–water partition coefficient (Wildman–Crippen LogP) is 4.35. The third-order valence-corrected chi connectivity index (χ3v) is 4.26. The predicted molar refractivity (Wildman–Crippen MR) is 100 cm³/mol. The summed E-state index contributed by atoms with van der Waals surface area (Å²) >= 11 is 0. The van der Waals surface area contributed by atoms with Crippen LogP contribution in [0.1, 0.15) is 43.0 Å². The van der Waals surface area contributed by atoms with Crippen LogP contribution < -0.4 is 14.8 Å². The minimum Gasteiger partial charge on any atom is -0.497 e. The molecule has 1 amide bonds. The maximum Gasteiger partial charge on any atom is 0.261 e. The van der Waals surface area contributed by atoms with Crippen LogP contribution in [0.15, 0.2) is 42.5 Å². The zero-order chi connectivity index (χ0) is 18.4. The molecule has 0 saturated carbocycles. The van der Waals surface area contributed by atoms with Crippen LogP contribution in [0.4, 0.5) is 0 Å². The first-order chi connectivity index (χ1) is 11.9. The van der Waals surface area contributed by atoms with Crippen LogP contribution in [-0.4, -0.2) is 19.1 Å². The summed E-state index contributed by atoms with van der Waals surface area (Å²) in [6, 6.07) is 13.5. The largest absolute Gasteiger partial charge is 0.497 e. The zero-order valence-corrected chi connectivity index (χ0v) is 15.6. The Morgan fingerprint density at radius 3 is 2.32 bits per heavy atom. The Morgan fingerprint density at radius 2 is 1.72 bits per heavy atom. The molecule has 1 N–H and O–H groups in total. The maximum atomic E-state index is 12.6. The van der Waals surface area contributed by atoms with Crippen LogP contribution in [0, 0.1) is 13.8 Å². The smallest absolute Gasteiger partial charge is 0.261 e. The Kier molecular flexibility index (Phi) is 6.45. The highest BCUT2D eigenvalue weighted by molar-refractivity contribution is 5.81. The molecule has 2 atom stereocenters. The van der Waals surface area contributed by atoms with Gasteiger partial charge in [0, 0.05) is 0 Å². The summed E-state index contributed by atoms with van der Waals surface area (Å²) in [6.07, 6.45) is 0.0677. The van der Waals surface area contributed by atoms with Gasteiger partial charge in [0.1, 0.15) is 11.5 Å². The van der Waals surface area contributed by atoms with Gasteiger partial charge in [0.15, 0.2) is 6.10 Å². The van der Waals surface area contributed by atoms with Crippen molar-refractivity contribution in [1.82, 2.24) is 5.32 Å². The van der Waals surface area contributed by atoms with Crippen LogP contribution in [0.3, 0.4) is 0 Å². The van der Waals surface area contributed by atoms with Gasteiger partial charge in [-0.2, -0.15) is 0 Å². The van der Waals surface area contributed by atoms with E-state index in [2.05, 4.69) is 37.4 Å². The molecule has 4 heteroatoms. The number of hydrogen-bond donors (Lipinski definition) is 1. The summed E-state index contributed by atoms with van der Waals surface area (Å²) in [6.45, 7) is 8.05. The van der Waals surface area contributed by atoms with Gasteiger partial charge in [-0.3, -0.25) is 4.79 Å². The summed E-state index contributed by atoms with van der Waals surface area (Å²) < 4.78 is 11.0. The monoisotopic (exact) mass is 341 g/mol. The third-order valence-electron chi connectivity index (χ3n) is 4.26. The van der Waals surface area contributed by atoms with Gasteiger partial charge in [0.2, 0.25) is 0 Å². The number of hydrogen-bond acceptors (Lipinski definition) is 3. The molecule has 0 fully saturated rings. The number of ether oxygens (including phenoxy) is 2. The Hall–Kier alpha value is -2.49. The molecule has 2 rings (SSSR count). The quantitative estimate of drug-likeness (QED) is 0.814. The second kappa shape index (κ2) is 8.56. The van der Waals surface area contributed by atoms with E-state index in [0.717, 1.165) is 11.3 Å². The number of methoxy groups -OCH3 is 1. The van der Waals surface area contributed by atoms with Crippen molar-refractivity contribution in [2.24, 2.45) is 0 Å². The highest BCUT2D eigenvalue weighted by Gasteiger charge is 2.21. The molecule has 0 heterocycles. The maximum absolute atomic E-state index is 12.6. The molecule has 2 aromatic carbocycles. The highest BCUT2D eigenvalue weighted by Crippen LogP contribution is 2.21. The van der Waals surface area contributed by atoms with E-state index in [1.807, 2.05) is 38.1 Å². The number of aryl methyl sites for hydroxylation is 2. The van der Waals surface area contributed by atoms with Gasteiger partial charge in [0.05, 0.1) is 13.2 Å². The number of rotatable bonds is 7. The van der Waals surface area contributed by atoms with E-state index >= 15 is 0 Å². The lowest BCUT2D eigenvalue weighted by atomic mass is 10.00. The second-order valence-corrected chi connectivity index (χ2v) is 6.28. The molecule has 0 bridgehead atoms. The van der Waals surface area contributed by atoms with E-state index in [1.54, 1.807) is 7.11 Å². The SMILES string of the molecule is CC[C@@H](Oc1ccc(OC)cc1)C(=O)N[C@H](C)c1cc(C)ccc1C. The Labute approximate surface area is 150 Å². The van der Waals surface area contributed by atoms with E-state index < -0.39 is 6.10 Å². The van der Waals surface area contributed by atoms with Gasteiger partial charge >= 0.3 is 0 Å². The number of carbonyl (C=O) groups excluding carboxylic acids is 1. The van der Waals surface area contributed by atoms with Crippen LogP contribution >= 0.6 is 0 Å². The molecule has 0 aliphatic rings. The van der Waals surface area contributed by atoms with E-state index in [1.165, 1.54) is 11.1 Å². The van der Waals surface area contributed by atoms with E-state index in [4.69, 9.17) is 9.47 Å². The molecule has 0 radical (unpaired) electrons. The van der Waals surface area contributed by atoms with Crippen molar-refractivity contribution >= 4 is 5.91 Å². The molecule has 0 spiro atoms. The topological polar surface area (TPSA) is 47.6 Å². The molecule has 0 saturated heterocycles. The molecule has 4 nitrogen and oxygen atoms in total. The fourth-order valence-electron chi connectivity index (χ4n) is 2.75. The molecule has 0 aliphatic carbocycles. The molecule has 25 heavy (non-hydrogen) atoms. The van der Waals surface area contributed by atoms with Gasteiger partial charge in [-0.1, -0.05) is 30.7 Å². The fraction of sp³-hybridized carbons (Fsp3) is 0.381. The van der Waals surface area contributed by atoms with E-state index in [-0.39, 0.29) is 11.9 Å². The van der Waals surface area contributed by atoms with E-state index in [9.17, 15) is 4.79 Å². The minimum atomic E-state index is -0.527. The Bertz CT molecular complexity index is 710. The van der Waals surface area contributed by atoms with Crippen LogP contribution in [0.5, 0.6) is 11.5 Å². The first-order valence-electron chi connectivity index (χ1n) is 8.62. The molecule has 134 valence electrons. The van der Waals surface area contributed by atoms with Crippen molar-refractivity contribution < 1.29 is 14.3 Å². The van der Waals surface area contributed by atoms with Crippen molar-refractivity contribution in [3.63, 3.8) is 0 Å². The summed E-state index contributed by atoms with van der Waals surface area (Å²) in [5.74, 6) is 1.31. The summed E-state index contributed by atoms with van der Waals surface area (Å²) in [7, 11) is 1.62.